The number of ether oxygens (including phenoxy) is 1. The SMILES string of the molecule is CC1CNCCN1C(=O)CCOc1ccc(Cl)cc1. The van der Waals surface area contributed by atoms with Gasteiger partial charge in [0, 0.05) is 30.7 Å². The summed E-state index contributed by atoms with van der Waals surface area (Å²) < 4.78 is 5.54. The van der Waals surface area contributed by atoms with Gasteiger partial charge in [0.15, 0.2) is 0 Å². The number of hydrogen-bond acceptors (Lipinski definition) is 3. The Morgan fingerprint density at radius 2 is 2.21 bits per heavy atom. The lowest BCUT2D eigenvalue weighted by Gasteiger charge is -2.34. The topological polar surface area (TPSA) is 41.6 Å². The molecule has 1 aliphatic heterocycles. The molecule has 1 heterocycles. The largest absolute Gasteiger partial charge is 0.493 e. The van der Waals surface area contributed by atoms with E-state index in [1.54, 1.807) is 24.3 Å². The Morgan fingerprint density at radius 1 is 1.47 bits per heavy atom. The van der Waals surface area contributed by atoms with Crippen LogP contribution in [-0.4, -0.2) is 43.1 Å². The third-order valence-electron chi connectivity index (χ3n) is 3.22. The number of nitrogens with one attached hydrogen (secondary N) is 1. The molecule has 0 radical (unpaired) electrons. The van der Waals surface area contributed by atoms with E-state index >= 15 is 0 Å². The van der Waals surface area contributed by atoms with Crippen LogP contribution in [0.4, 0.5) is 0 Å². The number of amides is 1. The van der Waals surface area contributed by atoms with E-state index in [9.17, 15) is 4.79 Å². The normalized spacial score (nSPS) is 19.3. The summed E-state index contributed by atoms with van der Waals surface area (Å²) in [7, 11) is 0. The van der Waals surface area contributed by atoms with Crippen LogP contribution in [0.15, 0.2) is 24.3 Å². The fourth-order valence-electron chi connectivity index (χ4n) is 2.14. The molecule has 5 heteroatoms. The zero-order chi connectivity index (χ0) is 13.7. The van der Waals surface area contributed by atoms with Crippen LogP contribution < -0.4 is 10.1 Å². The second-order valence-electron chi connectivity index (χ2n) is 4.69. The third kappa shape index (κ3) is 4.11. The van der Waals surface area contributed by atoms with Crippen LogP contribution in [0.25, 0.3) is 0 Å². The first kappa shape index (κ1) is 14.2. The minimum atomic E-state index is 0.156. The van der Waals surface area contributed by atoms with Gasteiger partial charge in [0.1, 0.15) is 5.75 Å². The van der Waals surface area contributed by atoms with Crippen molar-refractivity contribution in [1.29, 1.82) is 0 Å². The van der Waals surface area contributed by atoms with Crippen LogP contribution in [0.3, 0.4) is 0 Å². The predicted octanol–water partition coefficient (Wildman–Crippen LogP) is 1.93. The molecule has 1 amide bonds. The Labute approximate surface area is 118 Å². The standard InChI is InChI=1S/C14H19ClN2O2/c1-11-10-16-7-8-17(11)14(18)6-9-19-13-4-2-12(15)3-5-13/h2-5,11,16H,6-10H2,1H3. The summed E-state index contributed by atoms with van der Waals surface area (Å²) in [6.07, 6.45) is 0.410. The Hall–Kier alpha value is -1.26. The van der Waals surface area contributed by atoms with Gasteiger partial charge < -0.3 is 15.0 Å². The summed E-state index contributed by atoms with van der Waals surface area (Å²) in [6, 6.07) is 7.42. The molecule has 19 heavy (non-hydrogen) atoms. The Bertz CT molecular complexity index is 422. The highest BCUT2D eigenvalue weighted by molar-refractivity contribution is 6.30. The molecule has 1 aromatic rings. The Morgan fingerprint density at radius 3 is 2.89 bits per heavy atom. The summed E-state index contributed by atoms with van der Waals surface area (Å²) >= 11 is 5.79. The number of carbonyl (C=O) groups is 1. The smallest absolute Gasteiger partial charge is 0.226 e. The van der Waals surface area contributed by atoms with E-state index in [0.717, 1.165) is 25.4 Å². The molecule has 1 N–H and O–H groups in total. The van der Waals surface area contributed by atoms with Gasteiger partial charge in [0.05, 0.1) is 13.0 Å². The molecule has 1 aromatic carbocycles. The molecule has 1 aliphatic rings. The van der Waals surface area contributed by atoms with Crippen LogP contribution in [0, 0.1) is 0 Å². The van der Waals surface area contributed by atoms with Crippen molar-refractivity contribution in [3.8, 4) is 5.75 Å². The average Bonchev–Trinajstić information content (AvgIpc) is 2.41. The molecule has 1 atom stereocenters. The summed E-state index contributed by atoms with van der Waals surface area (Å²) in [6.45, 7) is 4.97. The van der Waals surface area contributed by atoms with Gasteiger partial charge in [-0.1, -0.05) is 11.6 Å². The maximum absolute atomic E-state index is 12.0. The van der Waals surface area contributed by atoms with Crippen molar-refractivity contribution in [3.05, 3.63) is 29.3 Å². The van der Waals surface area contributed by atoms with Crippen LogP contribution in [0.2, 0.25) is 5.02 Å². The van der Waals surface area contributed by atoms with Crippen molar-refractivity contribution >= 4 is 17.5 Å². The van der Waals surface area contributed by atoms with Gasteiger partial charge in [-0.3, -0.25) is 4.79 Å². The summed E-state index contributed by atoms with van der Waals surface area (Å²) in [5.74, 6) is 0.897. The number of carbonyl (C=O) groups excluding carboxylic acids is 1. The number of benzene rings is 1. The van der Waals surface area contributed by atoms with E-state index in [0.29, 0.717) is 18.1 Å². The molecule has 1 unspecified atom stereocenters. The minimum absolute atomic E-state index is 0.156. The summed E-state index contributed by atoms with van der Waals surface area (Å²) in [5, 5.41) is 3.95. The van der Waals surface area contributed by atoms with Gasteiger partial charge in [-0.25, -0.2) is 0 Å². The van der Waals surface area contributed by atoms with Crippen molar-refractivity contribution in [2.24, 2.45) is 0 Å². The molecule has 0 aromatic heterocycles. The summed E-state index contributed by atoms with van der Waals surface area (Å²) in [4.78, 5) is 14.0. The number of piperazine rings is 1. The third-order valence-corrected chi connectivity index (χ3v) is 3.47. The van der Waals surface area contributed by atoms with Crippen molar-refractivity contribution < 1.29 is 9.53 Å². The maximum atomic E-state index is 12.0. The van der Waals surface area contributed by atoms with Gasteiger partial charge in [-0.15, -0.1) is 0 Å². The van der Waals surface area contributed by atoms with Gasteiger partial charge in [-0.2, -0.15) is 0 Å². The van der Waals surface area contributed by atoms with Crippen LogP contribution in [0.1, 0.15) is 13.3 Å². The van der Waals surface area contributed by atoms with Crippen LogP contribution in [-0.2, 0) is 4.79 Å². The van der Waals surface area contributed by atoms with E-state index in [2.05, 4.69) is 12.2 Å². The first-order valence-corrected chi connectivity index (χ1v) is 6.93. The van der Waals surface area contributed by atoms with E-state index in [-0.39, 0.29) is 11.9 Å². The molecule has 0 aliphatic carbocycles. The highest BCUT2D eigenvalue weighted by Crippen LogP contribution is 2.15. The Kier molecular flexibility index (Phi) is 5.05. The van der Waals surface area contributed by atoms with Crippen molar-refractivity contribution in [3.63, 3.8) is 0 Å². The highest BCUT2D eigenvalue weighted by Gasteiger charge is 2.22. The van der Waals surface area contributed by atoms with Gasteiger partial charge in [0.2, 0.25) is 5.91 Å². The molecule has 0 bridgehead atoms. The second kappa shape index (κ2) is 6.78. The Balaban J connectivity index is 1.75. The van der Waals surface area contributed by atoms with Gasteiger partial charge >= 0.3 is 0 Å². The molecular weight excluding hydrogens is 264 g/mol. The monoisotopic (exact) mass is 282 g/mol. The predicted molar refractivity (Wildman–Crippen MR) is 75.6 cm³/mol. The van der Waals surface area contributed by atoms with E-state index < -0.39 is 0 Å². The average molecular weight is 283 g/mol. The molecular formula is C14H19ClN2O2. The fourth-order valence-corrected chi connectivity index (χ4v) is 2.27. The molecule has 104 valence electrons. The molecule has 1 fully saturated rings. The number of halogens is 1. The number of rotatable bonds is 4. The number of hydrogen-bond donors (Lipinski definition) is 1. The zero-order valence-electron chi connectivity index (χ0n) is 11.1. The molecule has 2 rings (SSSR count). The lowest BCUT2D eigenvalue weighted by molar-refractivity contribution is -0.134. The minimum Gasteiger partial charge on any atom is -0.493 e. The number of nitrogens with zero attached hydrogens (tertiary/aromatic N) is 1. The van der Waals surface area contributed by atoms with Crippen LogP contribution in [0.5, 0.6) is 5.75 Å². The first-order chi connectivity index (χ1) is 9.16. The second-order valence-corrected chi connectivity index (χ2v) is 5.13. The maximum Gasteiger partial charge on any atom is 0.226 e. The zero-order valence-corrected chi connectivity index (χ0v) is 11.8. The molecule has 0 spiro atoms. The molecule has 4 nitrogen and oxygen atoms in total. The molecule has 0 saturated carbocycles. The van der Waals surface area contributed by atoms with Gasteiger partial charge in [-0.05, 0) is 31.2 Å². The van der Waals surface area contributed by atoms with E-state index in [4.69, 9.17) is 16.3 Å². The first-order valence-electron chi connectivity index (χ1n) is 6.55. The lowest BCUT2D eigenvalue weighted by atomic mass is 10.2. The van der Waals surface area contributed by atoms with Crippen molar-refractivity contribution in [2.75, 3.05) is 26.2 Å². The van der Waals surface area contributed by atoms with Gasteiger partial charge in [0.25, 0.3) is 0 Å². The van der Waals surface area contributed by atoms with Crippen molar-refractivity contribution in [2.45, 2.75) is 19.4 Å². The molecule has 1 saturated heterocycles. The fraction of sp³-hybridized carbons (Fsp3) is 0.500. The van der Waals surface area contributed by atoms with Crippen LogP contribution >= 0.6 is 11.6 Å². The lowest BCUT2D eigenvalue weighted by Crippen LogP contribution is -2.52. The quantitative estimate of drug-likeness (QED) is 0.917. The summed E-state index contributed by atoms with van der Waals surface area (Å²) in [5.41, 5.74) is 0. The van der Waals surface area contributed by atoms with Crippen molar-refractivity contribution in [1.82, 2.24) is 10.2 Å². The highest BCUT2D eigenvalue weighted by atomic mass is 35.5. The van der Waals surface area contributed by atoms with E-state index in [1.807, 2.05) is 4.90 Å². The van der Waals surface area contributed by atoms with E-state index in [1.165, 1.54) is 0 Å².